The van der Waals surface area contributed by atoms with Gasteiger partial charge >= 0.3 is 0 Å². The number of piperidine rings is 1. The first-order valence-electron chi connectivity index (χ1n) is 12.4. The van der Waals surface area contributed by atoms with Gasteiger partial charge in [0, 0.05) is 24.0 Å². The van der Waals surface area contributed by atoms with E-state index in [1.807, 2.05) is 11.0 Å². The van der Waals surface area contributed by atoms with E-state index in [9.17, 15) is 9.59 Å². The van der Waals surface area contributed by atoms with Crippen LogP contribution in [0.4, 0.5) is 5.82 Å². The molecule has 2 amide bonds. The number of carbonyl (C=O) groups is 2. The number of aryl methyl sites for hydroxylation is 1. The highest BCUT2D eigenvalue weighted by atomic mass is 16.2. The van der Waals surface area contributed by atoms with Gasteiger partial charge in [-0.3, -0.25) is 14.9 Å². The Bertz CT molecular complexity index is 959. The maximum Gasteiger partial charge on any atom is 0.236 e. The molecule has 8 nitrogen and oxygen atoms in total. The molecule has 1 saturated heterocycles. The van der Waals surface area contributed by atoms with Crippen LogP contribution in [0.25, 0.3) is 10.9 Å². The van der Waals surface area contributed by atoms with Crippen molar-refractivity contribution in [1.82, 2.24) is 25.5 Å². The number of fused-ring (bicyclic) bond motifs is 1. The van der Waals surface area contributed by atoms with E-state index in [2.05, 4.69) is 32.7 Å². The zero-order valence-corrected chi connectivity index (χ0v) is 19.4. The number of nitrogens with one attached hydrogen (secondary N) is 2. The molecule has 1 aliphatic carbocycles. The van der Waals surface area contributed by atoms with Crippen LogP contribution in [-0.2, 0) is 16.0 Å². The van der Waals surface area contributed by atoms with Crippen molar-refractivity contribution in [3.05, 3.63) is 30.1 Å². The number of anilines is 1. The van der Waals surface area contributed by atoms with Crippen molar-refractivity contribution in [3.8, 4) is 0 Å². The van der Waals surface area contributed by atoms with Gasteiger partial charge in [-0.2, -0.15) is 0 Å². The van der Waals surface area contributed by atoms with Crippen molar-refractivity contribution in [1.29, 1.82) is 0 Å². The van der Waals surface area contributed by atoms with E-state index in [1.165, 1.54) is 24.7 Å². The Morgan fingerprint density at radius 1 is 1.06 bits per heavy atom. The molecule has 0 radical (unpaired) electrons. The minimum absolute atomic E-state index is 0.00712. The third-order valence-corrected chi connectivity index (χ3v) is 6.96. The molecule has 2 aromatic rings. The molecule has 4 rings (SSSR count). The second kappa shape index (κ2) is 11.4. The molecule has 1 atom stereocenters. The van der Waals surface area contributed by atoms with Crippen molar-refractivity contribution in [3.63, 3.8) is 0 Å². The Balaban J connectivity index is 1.22. The zero-order valence-electron chi connectivity index (χ0n) is 19.4. The molecule has 1 saturated carbocycles. The number of amides is 2. The Hall–Kier alpha value is -2.74. The lowest BCUT2D eigenvalue weighted by molar-refractivity contribution is -0.134. The molecule has 4 N–H and O–H groups in total. The van der Waals surface area contributed by atoms with Gasteiger partial charge in [-0.05, 0) is 69.1 Å². The molecule has 2 aliphatic rings. The number of hydrogen-bond acceptors (Lipinski definition) is 6. The van der Waals surface area contributed by atoms with Gasteiger partial charge in [-0.15, -0.1) is 0 Å². The summed E-state index contributed by atoms with van der Waals surface area (Å²) in [5.41, 5.74) is 8.02. The summed E-state index contributed by atoms with van der Waals surface area (Å²) in [6.45, 7) is 1.24. The summed E-state index contributed by atoms with van der Waals surface area (Å²) in [6.07, 6.45) is 12.2. The van der Waals surface area contributed by atoms with Crippen LogP contribution in [0, 0.1) is 0 Å². The van der Waals surface area contributed by atoms with Gasteiger partial charge in [0.2, 0.25) is 11.8 Å². The normalized spacial score (nSPS) is 19.2. The average molecular weight is 453 g/mol. The summed E-state index contributed by atoms with van der Waals surface area (Å²) >= 11 is 0. The Labute approximate surface area is 195 Å². The van der Waals surface area contributed by atoms with Crippen LogP contribution in [0.1, 0.15) is 63.4 Å². The highest BCUT2D eigenvalue weighted by Gasteiger charge is 2.26. The van der Waals surface area contributed by atoms with Crippen LogP contribution >= 0.6 is 0 Å². The third kappa shape index (κ3) is 6.41. The number of benzene rings is 1. The molecule has 0 bridgehead atoms. The molecular formula is C25H36N6O2. The van der Waals surface area contributed by atoms with Crippen LogP contribution in [0.3, 0.4) is 0 Å². The Morgan fingerprint density at radius 2 is 1.88 bits per heavy atom. The number of likely N-dealkylation sites (tertiary alicyclic amines) is 1. The second-order valence-corrected chi connectivity index (χ2v) is 9.39. The summed E-state index contributed by atoms with van der Waals surface area (Å²) in [5.74, 6) is 0.603. The summed E-state index contributed by atoms with van der Waals surface area (Å²) < 4.78 is 0. The van der Waals surface area contributed by atoms with E-state index in [0.717, 1.165) is 68.8 Å². The maximum atomic E-state index is 12.9. The predicted molar refractivity (Wildman–Crippen MR) is 130 cm³/mol. The summed E-state index contributed by atoms with van der Waals surface area (Å²) in [4.78, 5) is 35.3. The number of rotatable bonds is 9. The van der Waals surface area contributed by atoms with Crippen LogP contribution in [0.15, 0.2) is 24.5 Å². The van der Waals surface area contributed by atoms with Crippen molar-refractivity contribution < 1.29 is 9.59 Å². The van der Waals surface area contributed by atoms with Crippen molar-refractivity contribution in [2.75, 3.05) is 25.4 Å². The molecule has 1 unspecified atom stereocenters. The quantitative estimate of drug-likeness (QED) is 0.539. The lowest BCUT2D eigenvalue weighted by Gasteiger charge is -2.36. The van der Waals surface area contributed by atoms with Crippen molar-refractivity contribution in [2.24, 2.45) is 0 Å². The maximum absolute atomic E-state index is 12.9. The molecule has 33 heavy (non-hydrogen) atoms. The molecule has 0 spiro atoms. The number of nitrogens with two attached hydrogens (primary N) is 1. The molecule has 8 heteroatoms. The number of hydrogen-bond donors (Lipinski definition) is 3. The van der Waals surface area contributed by atoms with Crippen LogP contribution < -0.4 is 16.4 Å². The first-order valence-corrected chi connectivity index (χ1v) is 12.4. The number of nitrogen functional groups attached to an aromatic ring is 1. The summed E-state index contributed by atoms with van der Waals surface area (Å²) in [7, 11) is 0. The smallest absolute Gasteiger partial charge is 0.236 e. The zero-order chi connectivity index (χ0) is 23.0. The average Bonchev–Trinajstić information content (AvgIpc) is 3.32. The predicted octanol–water partition coefficient (Wildman–Crippen LogP) is 2.56. The van der Waals surface area contributed by atoms with Gasteiger partial charge in [-0.25, -0.2) is 9.97 Å². The standard InChI is InChI=1S/C25H36N6O2/c26-25-21-12-11-18(14-22(21)28-17-29-25)6-5-10-20-9-3-4-13-31(20)24(33)16-27-15-23(32)30-19-7-1-2-8-19/h11-12,14,17,19-20,27H,1-10,13,15-16H2,(H,30,32)(H2,26,28,29). The van der Waals surface area contributed by atoms with E-state index in [1.54, 1.807) is 0 Å². The van der Waals surface area contributed by atoms with Crippen LogP contribution in [0.2, 0.25) is 0 Å². The van der Waals surface area contributed by atoms with Crippen LogP contribution in [0.5, 0.6) is 0 Å². The minimum atomic E-state index is -0.00712. The topological polar surface area (TPSA) is 113 Å². The number of carbonyl (C=O) groups excluding carboxylic acids is 2. The first-order chi connectivity index (χ1) is 16.1. The highest BCUT2D eigenvalue weighted by molar-refractivity contribution is 5.88. The number of aromatic nitrogens is 2. The first kappa shape index (κ1) is 23.4. The minimum Gasteiger partial charge on any atom is -0.383 e. The fourth-order valence-corrected chi connectivity index (χ4v) is 5.18. The Morgan fingerprint density at radius 3 is 2.73 bits per heavy atom. The van der Waals surface area contributed by atoms with E-state index >= 15 is 0 Å². The van der Waals surface area contributed by atoms with Crippen molar-refractivity contribution in [2.45, 2.75) is 76.3 Å². The van der Waals surface area contributed by atoms with E-state index in [4.69, 9.17) is 5.73 Å². The molecule has 1 aliphatic heterocycles. The molecular weight excluding hydrogens is 416 g/mol. The molecule has 178 valence electrons. The van der Waals surface area contributed by atoms with Crippen LogP contribution in [-0.4, -0.2) is 58.4 Å². The molecule has 1 aromatic heterocycles. The third-order valence-electron chi connectivity index (χ3n) is 6.96. The number of nitrogens with zero attached hydrogens (tertiary/aromatic N) is 3. The fraction of sp³-hybridized carbons (Fsp3) is 0.600. The summed E-state index contributed by atoms with van der Waals surface area (Å²) in [6, 6.07) is 6.75. The highest BCUT2D eigenvalue weighted by Crippen LogP contribution is 2.23. The molecule has 1 aromatic carbocycles. The lowest BCUT2D eigenvalue weighted by Crippen LogP contribution is -2.48. The molecule has 2 heterocycles. The summed E-state index contributed by atoms with van der Waals surface area (Å²) in [5, 5.41) is 7.00. The van der Waals surface area contributed by atoms with Gasteiger partial charge in [0.1, 0.15) is 12.1 Å². The van der Waals surface area contributed by atoms with Gasteiger partial charge < -0.3 is 16.0 Å². The fourth-order valence-electron chi connectivity index (χ4n) is 5.18. The van der Waals surface area contributed by atoms with Crippen molar-refractivity contribution >= 4 is 28.5 Å². The SMILES string of the molecule is Nc1ncnc2cc(CCCC3CCCCN3C(=O)CNCC(=O)NC3CCCC3)ccc12. The largest absolute Gasteiger partial charge is 0.383 e. The van der Waals surface area contributed by atoms with Gasteiger partial charge in [0.25, 0.3) is 0 Å². The monoisotopic (exact) mass is 452 g/mol. The molecule has 2 fully saturated rings. The van der Waals surface area contributed by atoms with Gasteiger partial charge in [0.15, 0.2) is 0 Å². The second-order valence-electron chi connectivity index (χ2n) is 9.39. The lowest BCUT2D eigenvalue weighted by atomic mass is 9.95. The van der Waals surface area contributed by atoms with E-state index in [0.29, 0.717) is 11.9 Å². The van der Waals surface area contributed by atoms with Gasteiger partial charge in [0.05, 0.1) is 18.6 Å². The van der Waals surface area contributed by atoms with E-state index < -0.39 is 0 Å². The van der Waals surface area contributed by atoms with E-state index in [-0.39, 0.29) is 30.9 Å². The van der Waals surface area contributed by atoms with Gasteiger partial charge in [-0.1, -0.05) is 18.9 Å². The Kier molecular flexibility index (Phi) is 8.10.